The molecule has 1 aromatic carbocycles. The van der Waals surface area contributed by atoms with E-state index in [-0.39, 0.29) is 0 Å². The quantitative estimate of drug-likeness (QED) is 0.737. The molecule has 1 heterocycles. The summed E-state index contributed by atoms with van der Waals surface area (Å²) >= 11 is 5.37. The molecule has 1 N–H and O–H groups in total. The third-order valence-corrected chi connectivity index (χ3v) is 4.60. The van der Waals surface area contributed by atoms with E-state index in [1.165, 1.54) is 4.88 Å². The first-order valence-electron chi connectivity index (χ1n) is 6.97. The van der Waals surface area contributed by atoms with Crippen LogP contribution in [0.2, 0.25) is 0 Å². The molecule has 5 heteroatoms. The first-order valence-corrected chi connectivity index (χ1v) is 8.64. The molecular formula is C16H20BrNO2S. The summed E-state index contributed by atoms with van der Waals surface area (Å²) in [7, 11) is 1.67. The SMILES string of the molecule is CCCOc1cc(Br)c(CNCc2cccs2)cc1OC. The Bertz CT molecular complexity index is 558. The van der Waals surface area contributed by atoms with Crippen molar-refractivity contribution in [1.82, 2.24) is 5.32 Å². The minimum Gasteiger partial charge on any atom is -0.493 e. The second-order valence-corrected chi connectivity index (χ2v) is 6.51. The fourth-order valence-electron chi connectivity index (χ4n) is 1.93. The van der Waals surface area contributed by atoms with Crippen LogP contribution in [0.1, 0.15) is 23.8 Å². The minimum absolute atomic E-state index is 0.693. The highest BCUT2D eigenvalue weighted by molar-refractivity contribution is 9.10. The Morgan fingerprint density at radius 2 is 2.10 bits per heavy atom. The summed E-state index contributed by atoms with van der Waals surface area (Å²) in [6.45, 7) is 4.44. The molecule has 2 aromatic rings. The molecule has 0 bridgehead atoms. The summed E-state index contributed by atoms with van der Waals surface area (Å²) < 4.78 is 12.2. The van der Waals surface area contributed by atoms with E-state index in [1.54, 1.807) is 18.4 Å². The Kier molecular flexibility index (Phi) is 6.54. The highest BCUT2D eigenvalue weighted by atomic mass is 79.9. The van der Waals surface area contributed by atoms with Crippen LogP contribution in [-0.2, 0) is 13.1 Å². The topological polar surface area (TPSA) is 30.5 Å². The van der Waals surface area contributed by atoms with Crippen LogP contribution in [0.5, 0.6) is 11.5 Å². The van der Waals surface area contributed by atoms with E-state index in [9.17, 15) is 0 Å². The molecule has 2 rings (SSSR count). The van der Waals surface area contributed by atoms with Crippen molar-refractivity contribution in [2.45, 2.75) is 26.4 Å². The van der Waals surface area contributed by atoms with Gasteiger partial charge >= 0.3 is 0 Å². The van der Waals surface area contributed by atoms with E-state index >= 15 is 0 Å². The van der Waals surface area contributed by atoms with Crippen molar-refractivity contribution in [3.05, 3.63) is 44.6 Å². The van der Waals surface area contributed by atoms with Crippen LogP contribution in [0.4, 0.5) is 0 Å². The van der Waals surface area contributed by atoms with Crippen molar-refractivity contribution in [1.29, 1.82) is 0 Å². The Hall–Kier alpha value is -1.04. The van der Waals surface area contributed by atoms with E-state index in [2.05, 4.69) is 45.7 Å². The van der Waals surface area contributed by atoms with Gasteiger partial charge in [-0.05, 0) is 35.6 Å². The van der Waals surface area contributed by atoms with Crippen LogP contribution in [0.3, 0.4) is 0 Å². The number of halogens is 1. The number of thiophene rings is 1. The summed E-state index contributed by atoms with van der Waals surface area (Å²) in [4.78, 5) is 1.33. The van der Waals surface area contributed by atoms with Gasteiger partial charge in [-0.2, -0.15) is 0 Å². The maximum Gasteiger partial charge on any atom is 0.162 e. The van der Waals surface area contributed by atoms with Crippen LogP contribution >= 0.6 is 27.3 Å². The first kappa shape index (κ1) is 16.3. The number of rotatable bonds is 8. The molecule has 0 spiro atoms. The van der Waals surface area contributed by atoms with E-state index < -0.39 is 0 Å². The summed E-state index contributed by atoms with van der Waals surface area (Å²) in [5, 5.41) is 5.54. The zero-order valence-electron chi connectivity index (χ0n) is 12.3. The standard InChI is InChI=1S/C16H20BrNO2S/c1-3-6-20-16-9-14(17)12(8-15(16)19-2)10-18-11-13-5-4-7-21-13/h4-5,7-9,18H,3,6,10-11H2,1-2H3. The molecule has 0 aliphatic rings. The Balaban J connectivity index is 2.01. The van der Waals surface area contributed by atoms with Crippen molar-refractivity contribution in [3.8, 4) is 11.5 Å². The molecule has 3 nitrogen and oxygen atoms in total. The molecule has 0 atom stereocenters. The predicted molar refractivity (Wildman–Crippen MR) is 91.3 cm³/mol. The number of ether oxygens (including phenoxy) is 2. The van der Waals surface area contributed by atoms with E-state index in [0.717, 1.165) is 41.0 Å². The van der Waals surface area contributed by atoms with Gasteiger partial charge in [-0.25, -0.2) is 0 Å². The minimum atomic E-state index is 0.693. The van der Waals surface area contributed by atoms with Crippen molar-refractivity contribution < 1.29 is 9.47 Å². The lowest BCUT2D eigenvalue weighted by Crippen LogP contribution is -2.12. The van der Waals surface area contributed by atoms with Gasteiger partial charge in [0.05, 0.1) is 13.7 Å². The lowest BCUT2D eigenvalue weighted by molar-refractivity contribution is 0.294. The molecule has 0 unspecified atom stereocenters. The maximum atomic E-state index is 5.70. The average molecular weight is 370 g/mol. The fourth-order valence-corrected chi connectivity index (χ4v) is 3.07. The smallest absolute Gasteiger partial charge is 0.162 e. The monoisotopic (exact) mass is 369 g/mol. The van der Waals surface area contributed by atoms with Gasteiger partial charge in [0.15, 0.2) is 11.5 Å². The van der Waals surface area contributed by atoms with Gasteiger partial charge in [-0.15, -0.1) is 11.3 Å². The molecule has 0 aliphatic carbocycles. The van der Waals surface area contributed by atoms with Crippen LogP contribution in [0, 0.1) is 0 Å². The lowest BCUT2D eigenvalue weighted by Gasteiger charge is -2.14. The number of hydrogen-bond acceptors (Lipinski definition) is 4. The van der Waals surface area contributed by atoms with E-state index in [0.29, 0.717) is 6.61 Å². The number of nitrogens with one attached hydrogen (secondary N) is 1. The zero-order chi connectivity index (χ0) is 15.1. The maximum absolute atomic E-state index is 5.70. The van der Waals surface area contributed by atoms with Crippen molar-refractivity contribution in [2.75, 3.05) is 13.7 Å². The van der Waals surface area contributed by atoms with Crippen molar-refractivity contribution in [2.24, 2.45) is 0 Å². The van der Waals surface area contributed by atoms with Crippen LogP contribution < -0.4 is 14.8 Å². The molecule has 0 aliphatic heterocycles. The molecule has 0 radical (unpaired) electrons. The molecule has 1 aromatic heterocycles. The number of methoxy groups -OCH3 is 1. The van der Waals surface area contributed by atoms with Crippen LogP contribution in [0.15, 0.2) is 34.1 Å². The third-order valence-electron chi connectivity index (χ3n) is 2.99. The Labute approximate surface area is 138 Å². The summed E-state index contributed by atoms with van der Waals surface area (Å²) in [5.41, 5.74) is 1.16. The Morgan fingerprint density at radius 1 is 1.24 bits per heavy atom. The molecule has 0 fully saturated rings. The van der Waals surface area contributed by atoms with Gasteiger partial charge < -0.3 is 14.8 Å². The highest BCUT2D eigenvalue weighted by Crippen LogP contribution is 2.33. The predicted octanol–water partition coefficient (Wildman–Crippen LogP) is 4.60. The Morgan fingerprint density at radius 3 is 2.76 bits per heavy atom. The van der Waals surface area contributed by atoms with Gasteiger partial charge in [0, 0.05) is 22.4 Å². The van der Waals surface area contributed by atoms with Gasteiger partial charge in [-0.3, -0.25) is 0 Å². The normalized spacial score (nSPS) is 10.6. The van der Waals surface area contributed by atoms with Crippen LogP contribution in [-0.4, -0.2) is 13.7 Å². The first-order chi connectivity index (χ1) is 10.2. The fraction of sp³-hybridized carbons (Fsp3) is 0.375. The van der Waals surface area contributed by atoms with Gasteiger partial charge in [0.1, 0.15) is 0 Å². The summed E-state index contributed by atoms with van der Waals surface area (Å²) in [6, 6.07) is 8.21. The van der Waals surface area contributed by atoms with Gasteiger partial charge in [0.25, 0.3) is 0 Å². The lowest BCUT2D eigenvalue weighted by atomic mass is 10.2. The molecule has 114 valence electrons. The second-order valence-electron chi connectivity index (χ2n) is 4.63. The van der Waals surface area contributed by atoms with E-state index in [1.807, 2.05) is 12.1 Å². The molecular weight excluding hydrogens is 350 g/mol. The highest BCUT2D eigenvalue weighted by Gasteiger charge is 2.10. The van der Waals surface area contributed by atoms with Gasteiger partial charge in [-0.1, -0.05) is 28.9 Å². The largest absolute Gasteiger partial charge is 0.493 e. The summed E-state index contributed by atoms with van der Waals surface area (Å²) in [6.07, 6.45) is 0.977. The zero-order valence-corrected chi connectivity index (χ0v) is 14.7. The van der Waals surface area contributed by atoms with Crippen molar-refractivity contribution in [3.63, 3.8) is 0 Å². The number of hydrogen-bond donors (Lipinski definition) is 1. The second kappa shape index (κ2) is 8.41. The molecule has 21 heavy (non-hydrogen) atoms. The number of benzene rings is 1. The molecule has 0 amide bonds. The summed E-state index contributed by atoms with van der Waals surface area (Å²) in [5.74, 6) is 1.56. The molecule has 0 saturated heterocycles. The molecule has 0 saturated carbocycles. The van der Waals surface area contributed by atoms with Crippen LogP contribution in [0.25, 0.3) is 0 Å². The third kappa shape index (κ3) is 4.73. The van der Waals surface area contributed by atoms with Gasteiger partial charge in [0.2, 0.25) is 0 Å². The van der Waals surface area contributed by atoms with E-state index in [4.69, 9.17) is 9.47 Å². The van der Waals surface area contributed by atoms with Crippen molar-refractivity contribution >= 4 is 27.3 Å². The average Bonchev–Trinajstić information content (AvgIpc) is 3.00.